The molecule has 0 radical (unpaired) electrons. The minimum atomic E-state index is 0.795. The van der Waals surface area contributed by atoms with E-state index in [-0.39, 0.29) is 0 Å². The number of aromatic nitrogens is 5. The van der Waals surface area contributed by atoms with Crippen LogP contribution >= 0.6 is 0 Å². The van der Waals surface area contributed by atoms with E-state index in [2.05, 4.69) is 196 Å². The van der Waals surface area contributed by atoms with Gasteiger partial charge < -0.3 is 8.97 Å². The number of nitrogens with zero attached hydrogens (tertiary/aromatic N) is 5. The molecule has 0 fully saturated rings. The number of pyridine rings is 1. The highest BCUT2D eigenvalue weighted by Crippen LogP contribution is 2.45. The quantitative estimate of drug-likeness (QED) is 0.134. The molecule has 0 atom stereocenters. The van der Waals surface area contributed by atoms with Crippen molar-refractivity contribution >= 4 is 81.4 Å². The summed E-state index contributed by atoms with van der Waals surface area (Å²) in [5, 5.41) is 22.2. The minimum absolute atomic E-state index is 0.795. The third kappa shape index (κ3) is 4.12. The maximum absolute atomic E-state index is 4.87. The molecule has 0 aliphatic carbocycles. The number of hydrogen-bond donors (Lipinski definition) is 0. The molecule has 0 spiro atoms. The normalized spacial score (nSPS) is 12.2. The molecule has 0 saturated heterocycles. The largest absolute Gasteiger partial charge is 0.309 e. The highest BCUT2D eigenvalue weighted by atomic mass is 15.3. The summed E-state index contributed by atoms with van der Waals surface area (Å²) in [5.41, 5.74) is 10.2. The van der Waals surface area contributed by atoms with E-state index in [1.54, 1.807) is 0 Å². The summed E-state index contributed by atoms with van der Waals surface area (Å²) >= 11 is 0. The molecule has 13 aromatic rings. The molecule has 9 aromatic carbocycles. The van der Waals surface area contributed by atoms with Gasteiger partial charge in [-0.15, -0.1) is 10.2 Å². The molecule has 0 saturated carbocycles. The number of rotatable bonds is 4. The zero-order chi connectivity index (χ0) is 37.2. The average Bonchev–Trinajstić information content (AvgIpc) is 3.97. The lowest BCUT2D eigenvalue weighted by molar-refractivity contribution is 1.08. The summed E-state index contributed by atoms with van der Waals surface area (Å²) in [6.45, 7) is 0. The van der Waals surface area contributed by atoms with Crippen LogP contribution in [0.3, 0.4) is 0 Å². The van der Waals surface area contributed by atoms with Gasteiger partial charge in [-0.2, -0.15) is 0 Å². The van der Waals surface area contributed by atoms with E-state index in [0.29, 0.717) is 0 Å². The van der Waals surface area contributed by atoms with Crippen LogP contribution in [0.15, 0.2) is 188 Å². The molecule has 5 nitrogen and oxygen atoms in total. The van der Waals surface area contributed by atoms with Crippen LogP contribution in [0.25, 0.3) is 116 Å². The highest BCUT2D eigenvalue weighted by molar-refractivity contribution is 6.33. The SMILES string of the molecule is c1ccc(-c2nnc(-c3ccc(-n4c5ccccc5c5c6cccc7c8cccc9c%10ccccc%10n(c(cc54)c76)c89)cc3)n2-c2cccc3ccccc23)cc1. The van der Waals surface area contributed by atoms with Crippen molar-refractivity contribution in [2.45, 2.75) is 0 Å². The summed E-state index contributed by atoms with van der Waals surface area (Å²) < 4.78 is 7.15. The Kier molecular flexibility index (Phi) is 6.10. The Morgan fingerprint density at radius 3 is 1.70 bits per heavy atom. The van der Waals surface area contributed by atoms with Gasteiger partial charge in [-0.3, -0.25) is 4.57 Å². The minimum Gasteiger partial charge on any atom is -0.309 e. The molecular weight excluding hydrogens is 695 g/mol. The predicted molar refractivity (Wildman–Crippen MR) is 236 cm³/mol. The van der Waals surface area contributed by atoms with Crippen molar-refractivity contribution in [1.82, 2.24) is 23.7 Å². The highest BCUT2D eigenvalue weighted by Gasteiger charge is 2.23. The molecular formula is C52H31N5. The molecule has 0 amide bonds. The van der Waals surface area contributed by atoms with E-state index in [9.17, 15) is 0 Å². The second-order valence-corrected chi connectivity index (χ2v) is 15.0. The summed E-state index contributed by atoms with van der Waals surface area (Å²) in [5.74, 6) is 1.60. The molecule has 264 valence electrons. The standard InChI is InChI=1S/C52H31N5/c1-2-14-33(15-3-1)51-53-54-52(57(51)43-26-10-16-32-13-4-5-17-36(32)43)34-27-29-35(30-28-34)55-45-25-9-7-19-41(45)49-42-23-11-20-38-40-22-12-21-39-37-18-6-8-24-44(37)56(50(39)40)47(48(38)42)31-46(49)55/h1-31H. The van der Waals surface area contributed by atoms with Gasteiger partial charge >= 0.3 is 0 Å². The van der Waals surface area contributed by atoms with Gasteiger partial charge in [0, 0.05) is 54.5 Å². The van der Waals surface area contributed by atoms with E-state index in [4.69, 9.17) is 10.2 Å². The van der Waals surface area contributed by atoms with E-state index < -0.39 is 0 Å². The van der Waals surface area contributed by atoms with Gasteiger partial charge in [-0.05, 0) is 64.7 Å². The second kappa shape index (κ2) is 11.4. The van der Waals surface area contributed by atoms with Crippen molar-refractivity contribution in [3.63, 3.8) is 0 Å². The Balaban J connectivity index is 1.07. The first-order valence-electron chi connectivity index (χ1n) is 19.4. The molecule has 0 aliphatic heterocycles. The molecule has 13 rings (SSSR count). The summed E-state index contributed by atoms with van der Waals surface area (Å²) in [7, 11) is 0. The van der Waals surface area contributed by atoms with Gasteiger partial charge in [-0.1, -0.05) is 140 Å². The topological polar surface area (TPSA) is 40.1 Å². The van der Waals surface area contributed by atoms with E-state index in [1.165, 1.54) is 76.1 Å². The van der Waals surface area contributed by atoms with Gasteiger partial charge in [-0.25, -0.2) is 0 Å². The molecule has 0 unspecified atom stereocenters. The zero-order valence-corrected chi connectivity index (χ0v) is 30.6. The van der Waals surface area contributed by atoms with Gasteiger partial charge in [0.15, 0.2) is 11.6 Å². The third-order valence-corrected chi connectivity index (χ3v) is 12.1. The van der Waals surface area contributed by atoms with E-state index in [1.807, 2.05) is 6.07 Å². The Morgan fingerprint density at radius 2 is 0.895 bits per heavy atom. The second-order valence-electron chi connectivity index (χ2n) is 15.0. The van der Waals surface area contributed by atoms with Crippen LogP contribution in [-0.4, -0.2) is 23.7 Å². The fraction of sp³-hybridized carbons (Fsp3) is 0. The lowest BCUT2D eigenvalue weighted by atomic mass is 9.96. The number of fused-ring (bicyclic) bond motifs is 10. The Bertz CT molecular complexity index is 3730. The van der Waals surface area contributed by atoms with Crippen LogP contribution < -0.4 is 0 Å². The molecule has 0 aliphatic rings. The summed E-state index contributed by atoms with van der Waals surface area (Å²) in [4.78, 5) is 0. The lowest BCUT2D eigenvalue weighted by Gasteiger charge is -2.16. The van der Waals surface area contributed by atoms with Crippen LogP contribution in [-0.2, 0) is 0 Å². The smallest absolute Gasteiger partial charge is 0.168 e. The van der Waals surface area contributed by atoms with Gasteiger partial charge in [0.2, 0.25) is 0 Å². The van der Waals surface area contributed by atoms with Crippen LogP contribution in [0.2, 0.25) is 0 Å². The number of para-hydroxylation sites is 3. The molecule has 4 aromatic heterocycles. The first kappa shape index (κ1) is 30.6. The molecule has 4 heterocycles. The fourth-order valence-corrected chi connectivity index (χ4v) is 9.72. The van der Waals surface area contributed by atoms with Crippen molar-refractivity contribution in [3.8, 4) is 34.2 Å². The lowest BCUT2D eigenvalue weighted by Crippen LogP contribution is -2.02. The summed E-state index contributed by atoms with van der Waals surface area (Å²) in [6, 6.07) is 67.8. The number of hydrogen-bond acceptors (Lipinski definition) is 2. The maximum atomic E-state index is 4.87. The van der Waals surface area contributed by atoms with Gasteiger partial charge in [0.25, 0.3) is 0 Å². The van der Waals surface area contributed by atoms with E-state index >= 15 is 0 Å². The Labute approximate surface area is 326 Å². The molecule has 0 N–H and O–H groups in total. The number of benzene rings is 9. The predicted octanol–water partition coefficient (Wildman–Crippen LogP) is 13.2. The Morgan fingerprint density at radius 1 is 0.333 bits per heavy atom. The van der Waals surface area contributed by atoms with Crippen molar-refractivity contribution in [2.75, 3.05) is 0 Å². The molecule has 0 bridgehead atoms. The van der Waals surface area contributed by atoms with Crippen LogP contribution in [0.5, 0.6) is 0 Å². The van der Waals surface area contributed by atoms with Crippen LogP contribution in [0.4, 0.5) is 0 Å². The van der Waals surface area contributed by atoms with Gasteiger partial charge in [0.05, 0.1) is 33.3 Å². The fourth-order valence-electron chi connectivity index (χ4n) is 9.72. The van der Waals surface area contributed by atoms with Crippen molar-refractivity contribution in [2.24, 2.45) is 0 Å². The first-order chi connectivity index (χ1) is 28.3. The van der Waals surface area contributed by atoms with Crippen LogP contribution in [0, 0.1) is 0 Å². The molecule has 5 heteroatoms. The average molecular weight is 726 g/mol. The van der Waals surface area contributed by atoms with Crippen molar-refractivity contribution in [3.05, 3.63) is 188 Å². The van der Waals surface area contributed by atoms with Crippen molar-refractivity contribution < 1.29 is 0 Å². The van der Waals surface area contributed by atoms with Crippen molar-refractivity contribution in [1.29, 1.82) is 0 Å². The van der Waals surface area contributed by atoms with E-state index in [0.717, 1.165) is 39.5 Å². The maximum Gasteiger partial charge on any atom is 0.168 e. The first-order valence-corrected chi connectivity index (χ1v) is 19.4. The Hall–Kier alpha value is -7.76. The van der Waals surface area contributed by atoms with Crippen LogP contribution in [0.1, 0.15) is 0 Å². The third-order valence-electron chi connectivity index (χ3n) is 12.1. The van der Waals surface area contributed by atoms with Gasteiger partial charge in [0.1, 0.15) is 0 Å². The monoisotopic (exact) mass is 725 g/mol. The molecule has 57 heavy (non-hydrogen) atoms. The zero-order valence-electron chi connectivity index (χ0n) is 30.6. The summed E-state index contributed by atoms with van der Waals surface area (Å²) in [6.07, 6.45) is 0.